The molecule has 0 aliphatic carbocycles. The van der Waals surface area contributed by atoms with Crippen LogP contribution in [0.4, 0.5) is 0 Å². The average Bonchev–Trinajstić information content (AvgIpc) is 3.37. The number of aliphatic hydroxyl groups excluding tert-OH is 4. The highest BCUT2D eigenvalue weighted by Gasteiger charge is 2.82. The molecule has 4 heterocycles. The van der Waals surface area contributed by atoms with E-state index in [4.69, 9.17) is 23.7 Å². The lowest BCUT2D eigenvalue weighted by molar-refractivity contribution is -0.386. The van der Waals surface area contributed by atoms with Gasteiger partial charge in [0.05, 0.1) is 25.0 Å². The molecular formula is C21H24O12. The highest BCUT2D eigenvalue weighted by atomic mass is 16.8. The van der Waals surface area contributed by atoms with Crippen molar-refractivity contribution in [3.8, 4) is 5.75 Å². The van der Waals surface area contributed by atoms with Gasteiger partial charge < -0.3 is 49.2 Å². The summed E-state index contributed by atoms with van der Waals surface area (Å²) in [5, 5.41) is 50.8. The predicted molar refractivity (Wildman–Crippen MR) is 102 cm³/mol. The molecule has 1 aromatic carbocycles. The summed E-state index contributed by atoms with van der Waals surface area (Å²) in [5.74, 6) is -5.04. The Morgan fingerprint density at radius 2 is 1.73 bits per heavy atom. The fourth-order valence-corrected chi connectivity index (χ4v) is 5.08. The standard InChI is InChI=1S/C21H24O12/c1-8-14(25)15(26)16(27)18(30-8)33-21-17(12(23)7-29-21)31-19(28)20(21)11(6-13(24)32-20)9-2-4-10(22)5-3-9/h2-5,8,11-12,14-18,22-23,25-27H,6-7H2,1H3/t8?,11-,12+,14+,15?,16?,17-,18+,20-,21-/m1/s1. The molecule has 4 aliphatic heterocycles. The van der Waals surface area contributed by atoms with E-state index in [0.717, 1.165) is 0 Å². The van der Waals surface area contributed by atoms with Crippen LogP contribution in [0.15, 0.2) is 24.3 Å². The summed E-state index contributed by atoms with van der Waals surface area (Å²) in [6.45, 7) is 1.10. The van der Waals surface area contributed by atoms with Gasteiger partial charge in [0.1, 0.15) is 30.2 Å². The van der Waals surface area contributed by atoms with Crippen LogP contribution in [0.1, 0.15) is 24.8 Å². The number of carbonyl (C=O) groups excluding carboxylic acids is 2. The fraction of sp³-hybridized carbons (Fsp3) is 0.619. The maximum Gasteiger partial charge on any atom is 0.357 e. The zero-order valence-electron chi connectivity index (χ0n) is 17.4. The number of fused-ring (bicyclic) bond motifs is 2. The molecule has 5 rings (SSSR count). The molecule has 0 radical (unpaired) electrons. The van der Waals surface area contributed by atoms with E-state index in [1.807, 2.05) is 0 Å². The van der Waals surface area contributed by atoms with Crippen LogP contribution in [-0.4, -0.2) is 98.4 Å². The Balaban J connectivity index is 1.60. The number of aliphatic hydroxyl groups is 4. The van der Waals surface area contributed by atoms with Gasteiger partial charge in [-0.2, -0.15) is 0 Å². The molecule has 4 saturated heterocycles. The highest BCUT2D eigenvalue weighted by molar-refractivity contribution is 5.92. The van der Waals surface area contributed by atoms with Gasteiger partial charge in [-0.05, 0) is 24.6 Å². The Labute approximate surface area is 187 Å². The van der Waals surface area contributed by atoms with E-state index in [1.165, 1.54) is 31.2 Å². The first-order valence-electron chi connectivity index (χ1n) is 10.5. The van der Waals surface area contributed by atoms with Crippen molar-refractivity contribution in [3.63, 3.8) is 0 Å². The first-order chi connectivity index (χ1) is 15.6. The van der Waals surface area contributed by atoms with E-state index in [0.29, 0.717) is 5.56 Å². The van der Waals surface area contributed by atoms with Gasteiger partial charge >= 0.3 is 11.9 Å². The molecule has 33 heavy (non-hydrogen) atoms. The molecule has 0 bridgehead atoms. The summed E-state index contributed by atoms with van der Waals surface area (Å²) in [4.78, 5) is 25.8. The number of hydrogen-bond donors (Lipinski definition) is 5. The average molecular weight is 468 g/mol. The van der Waals surface area contributed by atoms with Gasteiger partial charge in [-0.1, -0.05) is 12.1 Å². The number of rotatable bonds is 3. The van der Waals surface area contributed by atoms with Gasteiger partial charge in [0, 0.05) is 0 Å². The van der Waals surface area contributed by atoms with Crippen LogP contribution >= 0.6 is 0 Å². The number of ether oxygens (including phenoxy) is 5. The van der Waals surface area contributed by atoms with Crippen molar-refractivity contribution in [3.05, 3.63) is 29.8 Å². The van der Waals surface area contributed by atoms with Crippen LogP contribution in [0.3, 0.4) is 0 Å². The van der Waals surface area contributed by atoms with Gasteiger partial charge in [-0.25, -0.2) is 4.79 Å². The number of hydrogen-bond acceptors (Lipinski definition) is 12. The quantitative estimate of drug-likeness (QED) is 0.309. The SMILES string of the molecule is CC1O[C@@H](O[C@]23OC[C@H](O)[C@H]2OC(=O)[C@@]32OC(=O)C[C@@H]2c2ccc(O)cc2)C(O)C(O)[C@H]1O. The molecule has 5 N–H and O–H groups in total. The van der Waals surface area contributed by atoms with Crippen molar-refractivity contribution in [2.45, 2.75) is 73.6 Å². The monoisotopic (exact) mass is 468 g/mol. The molecular weight excluding hydrogens is 444 g/mol. The zero-order valence-corrected chi connectivity index (χ0v) is 17.4. The van der Waals surface area contributed by atoms with Crippen molar-refractivity contribution >= 4 is 11.9 Å². The van der Waals surface area contributed by atoms with Crippen LogP contribution in [0.5, 0.6) is 5.75 Å². The topological polar surface area (TPSA) is 181 Å². The highest BCUT2D eigenvalue weighted by Crippen LogP contribution is 2.58. The molecule has 12 nitrogen and oxygen atoms in total. The van der Waals surface area contributed by atoms with E-state index >= 15 is 0 Å². The normalized spacial score (nSPS) is 46.9. The maximum atomic E-state index is 13.3. The molecule has 4 fully saturated rings. The Morgan fingerprint density at radius 3 is 2.42 bits per heavy atom. The van der Waals surface area contributed by atoms with Crippen molar-refractivity contribution < 1.29 is 58.8 Å². The minimum atomic E-state index is -2.23. The molecule has 0 aromatic heterocycles. The summed E-state index contributed by atoms with van der Waals surface area (Å²) in [7, 11) is 0. The largest absolute Gasteiger partial charge is 0.508 e. The van der Waals surface area contributed by atoms with Crippen molar-refractivity contribution in [1.82, 2.24) is 0 Å². The minimum Gasteiger partial charge on any atom is -0.508 e. The maximum absolute atomic E-state index is 13.3. The van der Waals surface area contributed by atoms with Gasteiger partial charge in [-0.3, -0.25) is 4.79 Å². The molecule has 12 heteroatoms. The Hall–Kier alpha value is -2.32. The lowest BCUT2D eigenvalue weighted by atomic mass is 9.75. The van der Waals surface area contributed by atoms with Gasteiger partial charge in [-0.15, -0.1) is 0 Å². The minimum absolute atomic E-state index is 0.0383. The van der Waals surface area contributed by atoms with Gasteiger partial charge in [0.15, 0.2) is 12.4 Å². The third kappa shape index (κ3) is 3.03. The lowest BCUT2D eigenvalue weighted by Crippen LogP contribution is -2.66. The second-order valence-electron chi connectivity index (χ2n) is 8.73. The van der Waals surface area contributed by atoms with Crippen LogP contribution < -0.4 is 0 Å². The third-order valence-electron chi connectivity index (χ3n) is 6.78. The molecule has 1 aromatic rings. The van der Waals surface area contributed by atoms with Crippen molar-refractivity contribution in [2.75, 3.05) is 6.61 Å². The van der Waals surface area contributed by atoms with Gasteiger partial charge in [0.2, 0.25) is 0 Å². The first-order valence-corrected chi connectivity index (χ1v) is 10.5. The molecule has 0 saturated carbocycles. The molecule has 180 valence electrons. The molecule has 4 aliphatic rings. The fourth-order valence-electron chi connectivity index (χ4n) is 5.08. The second kappa shape index (κ2) is 7.60. The Kier molecular flexibility index (Phi) is 5.17. The van der Waals surface area contributed by atoms with Crippen molar-refractivity contribution in [1.29, 1.82) is 0 Å². The van der Waals surface area contributed by atoms with Crippen LogP contribution in [-0.2, 0) is 33.3 Å². The van der Waals surface area contributed by atoms with E-state index in [-0.39, 0.29) is 18.8 Å². The summed E-state index contributed by atoms with van der Waals surface area (Å²) >= 11 is 0. The number of aromatic hydroxyl groups is 1. The molecule has 3 unspecified atom stereocenters. The third-order valence-corrected chi connectivity index (χ3v) is 6.78. The number of benzene rings is 1. The predicted octanol–water partition coefficient (Wildman–Crippen LogP) is -1.98. The number of esters is 2. The first kappa shape index (κ1) is 22.5. The van der Waals surface area contributed by atoms with E-state index < -0.39 is 72.2 Å². The van der Waals surface area contributed by atoms with Gasteiger partial charge in [0.25, 0.3) is 11.4 Å². The molecule has 1 spiro atoms. The van der Waals surface area contributed by atoms with Crippen LogP contribution in [0.2, 0.25) is 0 Å². The van der Waals surface area contributed by atoms with Crippen LogP contribution in [0, 0.1) is 0 Å². The van der Waals surface area contributed by atoms with Crippen LogP contribution in [0.25, 0.3) is 0 Å². The molecule has 10 atom stereocenters. The Bertz CT molecular complexity index is 951. The Morgan fingerprint density at radius 1 is 1.03 bits per heavy atom. The van der Waals surface area contributed by atoms with E-state index in [2.05, 4.69) is 0 Å². The summed E-state index contributed by atoms with van der Waals surface area (Å²) < 4.78 is 28.2. The number of phenolic OH excluding ortho intramolecular Hbond substituents is 1. The van der Waals surface area contributed by atoms with E-state index in [1.54, 1.807) is 0 Å². The number of carbonyl (C=O) groups is 2. The lowest BCUT2D eigenvalue weighted by Gasteiger charge is -2.45. The van der Waals surface area contributed by atoms with Crippen molar-refractivity contribution in [2.24, 2.45) is 0 Å². The molecule has 0 amide bonds. The number of phenols is 1. The summed E-state index contributed by atoms with van der Waals surface area (Å²) in [6, 6.07) is 5.74. The zero-order chi connectivity index (χ0) is 23.7. The summed E-state index contributed by atoms with van der Waals surface area (Å²) in [5.41, 5.74) is -1.78. The van der Waals surface area contributed by atoms with E-state index in [9.17, 15) is 35.1 Å². The smallest absolute Gasteiger partial charge is 0.357 e. The second-order valence-corrected chi connectivity index (χ2v) is 8.73. The summed E-state index contributed by atoms with van der Waals surface area (Å²) in [6.07, 6.45) is -10.5.